The van der Waals surface area contributed by atoms with Crippen LogP contribution in [0.5, 0.6) is 0 Å². The molecular formula is C16H20O3. The monoisotopic (exact) mass is 260 g/mol. The Labute approximate surface area is 113 Å². The molecule has 1 aliphatic rings. The molecule has 3 nitrogen and oxygen atoms in total. The van der Waals surface area contributed by atoms with Crippen molar-refractivity contribution in [2.75, 3.05) is 0 Å². The van der Waals surface area contributed by atoms with Gasteiger partial charge in [-0.25, -0.2) is 0 Å². The van der Waals surface area contributed by atoms with Crippen molar-refractivity contribution in [3.05, 3.63) is 35.9 Å². The minimum Gasteiger partial charge on any atom is -0.481 e. The highest BCUT2D eigenvalue weighted by molar-refractivity contribution is 5.96. The fourth-order valence-corrected chi connectivity index (χ4v) is 3.25. The maximum atomic E-state index is 12.3. The summed E-state index contributed by atoms with van der Waals surface area (Å²) in [5.74, 6) is -0.429. The van der Waals surface area contributed by atoms with Gasteiger partial charge in [0, 0.05) is 12.0 Å². The van der Waals surface area contributed by atoms with Gasteiger partial charge in [-0.2, -0.15) is 0 Å². The Balaban J connectivity index is 2.17. The summed E-state index contributed by atoms with van der Waals surface area (Å²) in [6.07, 6.45) is 3.35. The minimum absolute atomic E-state index is 0.0654. The van der Waals surface area contributed by atoms with E-state index in [4.69, 9.17) is 5.11 Å². The van der Waals surface area contributed by atoms with Crippen molar-refractivity contribution in [2.24, 2.45) is 11.3 Å². The molecule has 1 N–H and O–H groups in total. The fraction of sp³-hybridized carbons (Fsp3) is 0.500. The Bertz CT molecular complexity index is 466. The summed E-state index contributed by atoms with van der Waals surface area (Å²) in [7, 11) is 0. The number of Topliss-reactive ketones (excluding diaryl/α,β-unsaturated/α-hetero) is 1. The van der Waals surface area contributed by atoms with Gasteiger partial charge in [-0.3, -0.25) is 9.59 Å². The van der Waals surface area contributed by atoms with Crippen molar-refractivity contribution in [3.8, 4) is 0 Å². The van der Waals surface area contributed by atoms with Crippen molar-refractivity contribution in [3.63, 3.8) is 0 Å². The third-order valence-corrected chi connectivity index (χ3v) is 4.47. The first-order valence-corrected chi connectivity index (χ1v) is 6.83. The van der Waals surface area contributed by atoms with Crippen LogP contribution >= 0.6 is 0 Å². The second-order valence-corrected chi connectivity index (χ2v) is 5.69. The van der Waals surface area contributed by atoms with E-state index in [1.165, 1.54) is 0 Å². The molecule has 0 aliphatic heterocycles. The molecule has 0 saturated heterocycles. The normalized spacial score (nSPS) is 26.3. The Morgan fingerprint density at radius 2 is 1.95 bits per heavy atom. The van der Waals surface area contributed by atoms with Crippen LogP contribution in [0, 0.1) is 11.3 Å². The van der Waals surface area contributed by atoms with Crippen LogP contribution in [0.15, 0.2) is 30.3 Å². The number of carbonyl (C=O) groups is 2. The van der Waals surface area contributed by atoms with Gasteiger partial charge in [-0.15, -0.1) is 0 Å². The first-order chi connectivity index (χ1) is 9.03. The predicted molar refractivity (Wildman–Crippen MR) is 73.1 cm³/mol. The Morgan fingerprint density at radius 1 is 1.26 bits per heavy atom. The van der Waals surface area contributed by atoms with Crippen LogP contribution < -0.4 is 0 Å². The molecule has 3 heteroatoms. The molecule has 19 heavy (non-hydrogen) atoms. The van der Waals surface area contributed by atoms with Crippen LogP contribution in [0.1, 0.15) is 49.4 Å². The van der Waals surface area contributed by atoms with E-state index >= 15 is 0 Å². The molecule has 0 radical (unpaired) electrons. The van der Waals surface area contributed by atoms with Crippen molar-refractivity contribution >= 4 is 11.8 Å². The van der Waals surface area contributed by atoms with Crippen molar-refractivity contribution in [1.29, 1.82) is 0 Å². The first-order valence-electron chi connectivity index (χ1n) is 6.83. The average Bonchev–Trinajstić information content (AvgIpc) is 2.71. The molecule has 2 atom stereocenters. The number of benzene rings is 1. The van der Waals surface area contributed by atoms with E-state index < -0.39 is 5.97 Å². The van der Waals surface area contributed by atoms with Crippen LogP contribution in [-0.4, -0.2) is 16.9 Å². The summed E-state index contributed by atoms with van der Waals surface area (Å²) in [5, 5.41) is 9.13. The molecule has 0 bridgehead atoms. The molecule has 102 valence electrons. The van der Waals surface area contributed by atoms with E-state index in [9.17, 15) is 9.59 Å². The zero-order valence-electron chi connectivity index (χ0n) is 11.3. The third kappa shape index (κ3) is 3.03. The van der Waals surface area contributed by atoms with Gasteiger partial charge in [0.15, 0.2) is 5.78 Å². The quantitative estimate of drug-likeness (QED) is 0.824. The lowest BCUT2D eigenvalue weighted by molar-refractivity contribution is -0.140. The highest BCUT2D eigenvalue weighted by atomic mass is 16.4. The molecule has 0 amide bonds. The molecule has 1 aliphatic carbocycles. The molecular weight excluding hydrogens is 240 g/mol. The van der Waals surface area contributed by atoms with Crippen LogP contribution in [0.4, 0.5) is 0 Å². The zero-order valence-corrected chi connectivity index (χ0v) is 11.3. The fourth-order valence-electron chi connectivity index (χ4n) is 3.25. The summed E-state index contributed by atoms with van der Waals surface area (Å²) in [6, 6.07) is 9.17. The van der Waals surface area contributed by atoms with E-state index in [1.807, 2.05) is 18.2 Å². The summed E-state index contributed by atoms with van der Waals surface area (Å²) < 4.78 is 0. The van der Waals surface area contributed by atoms with Gasteiger partial charge >= 0.3 is 5.97 Å². The van der Waals surface area contributed by atoms with E-state index in [1.54, 1.807) is 12.1 Å². The maximum absolute atomic E-state index is 12.3. The van der Waals surface area contributed by atoms with Crippen molar-refractivity contribution in [2.45, 2.75) is 39.0 Å². The SMILES string of the molecule is CC1CCCC1(CC(=O)O)CC(=O)c1ccccc1. The zero-order chi connectivity index (χ0) is 13.9. The van der Waals surface area contributed by atoms with Gasteiger partial charge in [0.05, 0.1) is 6.42 Å². The summed E-state index contributed by atoms with van der Waals surface area (Å²) in [5.41, 5.74) is 0.338. The molecule has 2 unspecified atom stereocenters. The second-order valence-electron chi connectivity index (χ2n) is 5.69. The Morgan fingerprint density at radius 3 is 2.47 bits per heavy atom. The average molecular weight is 260 g/mol. The third-order valence-electron chi connectivity index (χ3n) is 4.47. The number of aliphatic carboxylic acids is 1. The largest absolute Gasteiger partial charge is 0.481 e. The van der Waals surface area contributed by atoms with Crippen LogP contribution in [-0.2, 0) is 4.79 Å². The first kappa shape index (κ1) is 13.8. The molecule has 1 fully saturated rings. The van der Waals surface area contributed by atoms with E-state index in [2.05, 4.69) is 6.92 Å². The molecule has 1 aromatic rings. The maximum Gasteiger partial charge on any atom is 0.303 e. The van der Waals surface area contributed by atoms with Gasteiger partial charge in [-0.05, 0) is 17.8 Å². The van der Waals surface area contributed by atoms with Gasteiger partial charge in [0.2, 0.25) is 0 Å². The number of carboxylic acid groups (broad SMARTS) is 1. The van der Waals surface area contributed by atoms with Crippen LogP contribution in [0.2, 0.25) is 0 Å². The number of hydrogen-bond donors (Lipinski definition) is 1. The van der Waals surface area contributed by atoms with E-state index in [0.29, 0.717) is 17.9 Å². The molecule has 1 aromatic carbocycles. The molecule has 0 aromatic heterocycles. The van der Waals surface area contributed by atoms with E-state index in [-0.39, 0.29) is 17.6 Å². The number of rotatable bonds is 5. The smallest absolute Gasteiger partial charge is 0.303 e. The topological polar surface area (TPSA) is 54.4 Å². The lowest BCUT2D eigenvalue weighted by atomic mass is 9.71. The summed E-state index contributed by atoms with van der Waals surface area (Å²) in [4.78, 5) is 23.5. The standard InChI is InChI=1S/C16H20O3/c1-12-6-5-9-16(12,11-15(18)19)10-14(17)13-7-3-2-4-8-13/h2-4,7-8,12H,5-6,9-11H2,1H3,(H,18,19). The molecule has 1 saturated carbocycles. The molecule has 0 heterocycles. The lowest BCUT2D eigenvalue weighted by Gasteiger charge is -2.31. The highest BCUT2D eigenvalue weighted by Crippen LogP contribution is 2.49. The van der Waals surface area contributed by atoms with Crippen molar-refractivity contribution < 1.29 is 14.7 Å². The molecule has 0 spiro atoms. The number of ketones is 1. The Kier molecular flexibility index (Phi) is 4.03. The summed E-state index contributed by atoms with van der Waals surface area (Å²) in [6.45, 7) is 2.08. The van der Waals surface area contributed by atoms with Gasteiger partial charge in [0.25, 0.3) is 0 Å². The summed E-state index contributed by atoms with van der Waals surface area (Å²) >= 11 is 0. The van der Waals surface area contributed by atoms with Crippen LogP contribution in [0.25, 0.3) is 0 Å². The number of hydrogen-bond acceptors (Lipinski definition) is 2. The van der Waals surface area contributed by atoms with E-state index in [0.717, 1.165) is 19.3 Å². The Hall–Kier alpha value is -1.64. The van der Waals surface area contributed by atoms with Crippen molar-refractivity contribution in [1.82, 2.24) is 0 Å². The van der Waals surface area contributed by atoms with Gasteiger partial charge < -0.3 is 5.11 Å². The predicted octanol–water partition coefficient (Wildman–Crippen LogP) is 3.54. The van der Waals surface area contributed by atoms with Gasteiger partial charge in [-0.1, -0.05) is 50.1 Å². The van der Waals surface area contributed by atoms with Gasteiger partial charge in [0.1, 0.15) is 0 Å². The molecule has 2 rings (SSSR count). The van der Waals surface area contributed by atoms with Crippen LogP contribution in [0.3, 0.4) is 0 Å². The second kappa shape index (κ2) is 5.55. The number of carbonyl (C=O) groups excluding carboxylic acids is 1. The minimum atomic E-state index is -0.797. The lowest BCUT2D eigenvalue weighted by Crippen LogP contribution is -2.30. The number of carboxylic acids is 1. The highest BCUT2D eigenvalue weighted by Gasteiger charge is 2.43.